The SMILES string of the molecule is COc1ccc(NC(=O)/C=C(/C)c2ccccc2)cc1CO. The number of benzene rings is 2. The average Bonchev–Trinajstić information content (AvgIpc) is 2.55. The van der Waals surface area contributed by atoms with Gasteiger partial charge in [0.1, 0.15) is 5.75 Å². The molecule has 0 fully saturated rings. The second kappa shape index (κ2) is 7.43. The van der Waals surface area contributed by atoms with Crippen molar-refractivity contribution >= 4 is 17.2 Å². The van der Waals surface area contributed by atoms with Gasteiger partial charge in [-0.15, -0.1) is 0 Å². The molecule has 0 atom stereocenters. The largest absolute Gasteiger partial charge is 0.496 e. The molecule has 0 aliphatic rings. The minimum Gasteiger partial charge on any atom is -0.496 e. The summed E-state index contributed by atoms with van der Waals surface area (Å²) >= 11 is 0. The molecule has 1 amide bonds. The number of carbonyl (C=O) groups is 1. The number of methoxy groups -OCH3 is 1. The van der Waals surface area contributed by atoms with E-state index < -0.39 is 0 Å². The molecule has 0 unspecified atom stereocenters. The van der Waals surface area contributed by atoms with E-state index in [1.807, 2.05) is 37.3 Å². The highest BCUT2D eigenvalue weighted by atomic mass is 16.5. The molecular weight excluding hydrogens is 278 g/mol. The summed E-state index contributed by atoms with van der Waals surface area (Å²) in [7, 11) is 1.54. The molecule has 0 aliphatic heterocycles. The first-order valence-electron chi connectivity index (χ1n) is 6.96. The molecule has 0 saturated heterocycles. The fourth-order valence-corrected chi connectivity index (χ4v) is 2.14. The first kappa shape index (κ1) is 15.8. The first-order valence-corrected chi connectivity index (χ1v) is 6.96. The number of ether oxygens (including phenoxy) is 1. The molecule has 2 N–H and O–H groups in total. The third-order valence-corrected chi connectivity index (χ3v) is 3.30. The van der Waals surface area contributed by atoms with E-state index in [0.717, 1.165) is 11.1 Å². The quantitative estimate of drug-likeness (QED) is 0.833. The summed E-state index contributed by atoms with van der Waals surface area (Å²) in [5, 5.41) is 12.1. The number of anilines is 1. The van der Waals surface area contributed by atoms with E-state index >= 15 is 0 Å². The summed E-state index contributed by atoms with van der Waals surface area (Å²) < 4.78 is 5.13. The second-order valence-corrected chi connectivity index (χ2v) is 4.87. The minimum absolute atomic E-state index is 0.147. The van der Waals surface area contributed by atoms with Crippen LogP contribution in [-0.2, 0) is 11.4 Å². The van der Waals surface area contributed by atoms with Crippen molar-refractivity contribution in [2.45, 2.75) is 13.5 Å². The summed E-state index contributed by atoms with van der Waals surface area (Å²) in [5.74, 6) is 0.381. The standard InChI is InChI=1S/C18H19NO3/c1-13(14-6-4-3-5-7-14)10-18(21)19-16-8-9-17(22-2)15(11-16)12-20/h3-11,20H,12H2,1-2H3,(H,19,21)/b13-10-. The Hall–Kier alpha value is -2.59. The molecule has 114 valence electrons. The van der Waals surface area contributed by atoms with Gasteiger partial charge in [0.25, 0.3) is 0 Å². The summed E-state index contributed by atoms with van der Waals surface area (Å²) in [6, 6.07) is 14.9. The molecule has 22 heavy (non-hydrogen) atoms. The number of carbonyl (C=O) groups excluding carboxylic acids is 1. The lowest BCUT2D eigenvalue weighted by atomic mass is 10.1. The Kier molecular flexibility index (Phi) is 5.33. The summed E-state index contributed by atoms with van der Waals surface area (Å²) in [6.45, 7) is 1.74. The highest BCUT2D eigenvalue weighted by Crippen LogP contribution is 2.22. The zero-order chi connectivity index (χ0) is 15.9. The zero-order valence-corrected chi connectivity index (χ0v) is 12.7. The Morgan fingerprint density at radius 3 is 2.59 bits per heavy atom. The van der Waals surface area contributed by atoms with Crippen molar-refractivity contribution in [3.8, 4) is 5.75 Å². The van der Waals surface area contributed by atoms with Crippen LogP contribution in [0.2, 0.25) is 0 Å². The van der Waals surface area contributed by atoms with Crippen molar-refractivity contribution in [2.24, 2.45) is 0 Å². The number of nitrogens with one attached hydrogen (secondary N) is 1. The summed E-state index contributed by atoms with van der Waals surface area (Å²) in [4.78, 5) is 12.1. The van der Waals surface area contributed by atoms with Gasteiger partial charge >= 0.3 is 0 Å². The van der Waals surface area contributed by atoms with E-state index in [2.05, 4.69) is 5.32 Å². The number of aliphatic hydroxyl groups excluding tert-OH is 1. The van der Waals surface area contributed by atoms with E-state index in [4.69, 9.17) is 4.74 Å². The van der Waals surface area contributed by atoms with Crippen LogP contribution in [0.15, 0.2) is 54.6 Å². The van der Waals surface area contributed by atoms with Crippen LogP contribution in [0.3, 0.4) is 0 Å². The smallest absolute Gasteiger partial charge is 0.248 e. The van der Waals surface area contributed by atoms with Crippen molar-refractivity contribution < 1.29 is 14.6 Å². The molecule has 0 saturated carbocycles. The maximum absolute atomic E-state index is 12.1. The van der Waals surface area contributed by atoms with Gasteiger partial charge in [-0.2, -0.15) is 0 Å². The van der Waals surface area contributed by atoms with Crippen LogP contribution >= 0.6 is 0 Å². The second-order valence-electron chi connectivity index (χ2n) is 4.87. The van der Waals surface area contributed by atoms with Crippen LogP contribution in [0.25, 0.3) is 5.57 Å². The Morgan fingerprint density at radius 2 is 1.95 bits per heavy atom. The maximum Gasteiger partial charge on any atom is 0.248 e. The average molecular weight is 297 g/mol. The monoisotopic (exact) mass is 297 g/mol. The highest BCUT2D eigenvalue weighted by Gasteiger charge is 2.06. The van der Waals surface area contributed by atoms with Crippen LogP contribution in [0.4, 0.5) is 5.69 Å². The molecular formula is C18H19NO3. The number of hydrogen-bond acceptors (Lipinski definition) is 3. The van der Waals surface area contributed by atoms with Gasteiger partial charge in [-0.05, 0) is 36.3 Å². The lowest BCUT2D eigenvalue weighted by Crippen LogP contribution is -2.09. The van der Waals surface area contributed by atoms with Crippen molar-refractivity contribution in [3.05, 3.63) is 65.7 Å². The van der Waals surface area contributed by atoms with E-state index in [9.17, 15) is 9.90 Å². The van der Waals surface area contributed by atoms with Crippen LogP contribution in [0, 0.1) is 0 Å². The van der Waals surface area contributed by atoms with Gasteiger partial charge in [-0.1, -0.05) is 30.3 Å². The topological polar surface area (TPSA) is 58.6 Å². The first-order chi connectivity index (χ1) is 10.6. The van der Waals surface area contributed by atoms with Gasteiger partial charge in [0.05, 0.1) is 13.7 Å². The van der Waals surface area contributed by atoms with Crippen LogP contribution in [0.1, 0.15) is 18.1 Å². The molecule has 0 aliphatic carbocycles. The molecule has 0 radical (unpaired) electrons. The number of hydrogen-bond donors (Lipinski definition) is 2. The van der Waals surface area contributed by atoms with Gasteiger partial charge in [0.15, 0.2) is 0 Å². The van der Waals surface area contributed by atoms with Gasteiger partial charge in [-0.3, -0.25) is 4.79 Å². The van der Waals surface area contributed by atoms with Crippen molar-refractivity contribution in [3.63, 3.8) is 0 Å². The van der Waals surface area contributed by atoms with Crippen LogP contribution < -0.4 is 10.1 Å². The molecule has 4 nitrogen and oxygen atoms in total. The summed E-state index contributed by atoms with van der Waals surface area (Å²) in [5.41, 5.74) is 3.13. The highest BCUT2D eigenvalue weighted by molar-refractivity contribution is 6.03. The Balaban J connectivity index is 2.12. The zero-order valence-electron chi connectivity index (χ0n) is 12.7. The molecule has 0 spiro atoms. The van der Waals surface area contributed by atoms with E-state index in [-0.39, 0.29) is 12.5 Å². The third kappa shape index (κ3) is 3.96. The molecule has 2 aromatic carbocycles. The van der Waals surface area contributed by atoms with Gasteiger partial charge in [0.2, 0.25) is 5.91 Å². The predicted molar refractivity (Wildman–Crippen MR) is 87.6 cm³/mol. The van der Waals surface area contributed by atoms with E-state index in [1.54, 1.807) is 31.4 Å². The lowest BCUT2D eigenvalue weighted by Gasteiger charge is -2.09. The van der Waals surface area contributed by atoms with E-state index in [1.165, 1.54) is 0 Å². The van der Waals surface area contributed by atoms with Gasteiger partial charge in [0, 0.05) is 17.3 Å². The number of amides is 1. The lowest BCUT2D eigenvalue weighted by molar-refractivity contribution is -0.111. The number of rotatable bonds is 5. The summed E-state index contributed by atoms with van der Waals surface area (Å²) in [6.07, 6.45) is 1.55. The fourth-order valence-electron chi connectivity index (χ4n) is 2.14. The molecule has 0 bridgehead atoms. The Labute approximate surface area is 130 Å². The third-order valence-electron chi connectivity index (χ3n) is 3.30. The number of allylic oxidation sites excluding steroid dienone is 1. The van der Waals surface area contributed by atoms with E-state index in [0.29, 0.717) is 17.0 Å². The van der Waals surface area contributed by atoms with Crippen LogP contribution in [-0.4, -0.2) is 18.1 Å². The Bertz CT molecular complexity index is 678. The predicted octanol–water partition coefficient (Wildman–Crippen LogP) is 3.23. The van der Waals surface area contributed by atoms with Crippen LogP contribution in [0.5, 0.6) is 5.75 Å². The van der Waals surface area contributed by atoms with Gasteiger partial charge < -0.3 is 15.2 Å². The Morgan fingerprint density at radius 1 is 1.23 bits per heavy atom. The molecule has 4 heteroatoms. The normalized spacial score (nSPS) is 11.1. The molecule has 2 rings (SSSR count). The van der Waals surface area contributed by atoms with Gasteiger partial charge in [-0.25, -0.2) is 0 Å². The van der Waals surface area contributed by atoms with Crippen molar-refractivity contribution in [1.82, 2.24) is 0 Å². The van der Waals surface area contributed by atoms with Crippen molar-refractivity contribution in [2.75, 3.05) is 12.4 Å². The maximum atomic E-state index is 12.1. The van der Waals surface area contributed by atoms with Crippen molar-refractivity contribution in [1.29, 1.82) is 0 Å². The minimum atomic E-state index is -0.213. The fraction of sp³-hybridized carbons (Fsp3) is 0.167. The molecule has 0 aromatic heterocycles. The number of aliphatic hydroxyl groups is 1. The molecule has 0 heterocycles. The molecule has 2 aromatic rings.